The van der Waals surface area contributed by atoms with Gasteiger partial charge in [-0.15, -0.1) is 0 Å². The molecule has 2 atom stereocenters. The van der Waals surface area contributed by atoms with Crippen LogP contribution in [0.1, 0.15) is 40.7 Å². The second-order valence-corrected chi connectivity index (χ2v) is 8.15. The average Bonchev–Trinajstić information content (AvgIpc) is 2.77. The number of rotatable bonds is 4. The van der Waals surface area contributed by atoms with Crippen LogP contribution in [-0.4, -0.2) is 46.7 Å². The summed E-state index contributed by atoms with van der Waals surface area (Å²) in [5.74, 6) is -0.266. The van der Waals surface area contributed by atoms with Gasteiger partial charge in [0, 0.05) is 44.5 Å². The molecular formula is C23H26N4O3. The minimum absolute atomic E-state index is 0.0330. The third-order valence-corrected chi connectivity index (χ3v) is 6.27. The second-order valence-electron chi connectivity index (χ2n) is 8.15. The van der Waals surface area contributed by atoms with Gasteiger partial charge in [-0.25, -0.2) is 0 Å². The van der Waals surface area contributed by atoms with Crippen molar-refractivity contribution in [2.24, 2.45) is 5.41 Å². The first-order valence-corrected chi connectivity index (χ1v) is 10.3. The van der Waals surface area contributed by atoms with Gasteiger partial charge in [0.2, 0.25) is 11.8 Å². The fraction of sp³-hybridized carbons (Fsp3) is 0.391. The highest BCUT2D eigenvalue weighted by Crippen LogP contribution is 2.38. The van der Waals surface area contributed by atoms with Crippen molar-refractivity contribution in [2.75, 3.05) is 13.1 Å². The van der Waals surface area contributed by atoms with Crippen LogP contribution < -0.4 is 10.6 Å². The van der Waals surface area contributed by atoms with E-state index in [0.29, 0.717) is 31.5 Å². The summed E-state index contributed by atoms with van der Waals surface area (Å²) < 4.78 is 0. The van der Waals surface area contributed by atoms with E-state index in [0.717, 1.165) is 11.1 Å². The number of benzene rings is 1. The zero-order valence-electron chi connectivity index (χ0n) is 17.1. The Morgan fingerprint density at radius 1 is 1.27 bits per heavy atom. The number of aryl methyl sites for hydroxylation is 1. The zero-order chi connectivity index (χ0) is 21.1. The lowest BCUT2D eigenvalue weighted by atomic mass is 9.69. The van der Waals surface area contributed by atoms with Crippen LogP contribution in [0.5, 0.6) is 0 Å². The summed E-state index contributed by atoms with van der Waals surface area (Å²) in [4.78, 5) is 44.4. The van der Waals surface area contributed by atoms with Crippen molar-refractivity contribution in [1.29, 1.82) is 0 Å². The van der Waals surface area contributed by atoms with Crippen LogP contribution in [-0.2, 0) is 16.1 Å². The number of nitrogens with one attached hydrogen (secondary N) is 2. The maximum atomic E-state index is 13.4. The molecule has 0 bridgehead atoms. The van der Waals surface area contributed by atoms with Gasteiger partial charge in [-0.1, -0.05) is 30.3 Å². The predicted octanol–water partition coefficient (Wildman–Crippen LogP) is 1.82. The Kier molecular flexibility index (Phi) is 5.53. The highest BCUT2D eigenvalue weighted by atomic mass is 16.2. The first-order valence-electron chi connectivity index (χ1n) is 10.3. The molecule has 2 N–H and O–H groups in total. The fourth-order valence-electron chi connectivity index (χ4n) is 4.49. The Bertz CT molecular complexity index is 962. The van der Waals surface area contributed by atoms with Crippen LogP contribution in [0.15, 0.2) is 48.8 Å². The molecule has 0 unspecified atom stereocenters. The number of carbonyl (C=O) groups excluding carboxylic acids is 3. The number of hydrogen-bond donors (Lipinski definition) is 2. The number of amides is 3. The molecule has 1 aromatic carbocycles. The summed E-state index contributed by atoms with van der Waals surface area (Å²) in [6, 6.07) is 11.3. The van der Waals surface area contributed by atoms with Gasteiger partial charge in [0.15, 0.2) is 0 Å². The van der Waals surface area contributed by atoms with E-state index < -0.39 is 5.41 Å². The van der Waals surface area contributed by atoms with Crippen LogP contribution in [0.25, 0.3) is 0 Å². The smallest absolute Gasteiger partial charge is 0.255 e. The van der Waals surface area contributed by atoms with Crippen LogP contribution >= 0.6 is 0 Å². The molecule has 0 spiro atoms. The monoisotopic (exact) mass is 406 g/mol. The summed E-state index contributed by atoms with van der Waals surface area (Å²) in [5, 5.41) is 6.04. The third-order valence-electron chi connectivity index (χ3n) is 6.27. The van der Waals surface area contributed by atoms with E-state index in [4.69, 9.17) is 0 Å². The van der Waals surface area contributed by atoms with Crippen LogP contribution in [0.4, 0.5) is 0 Å². The summed E-state index contributed by atoms with van der Waals surface area (Å²) in [7, 11) is 0. The lowest BCUT2D eigenvalue weighted by Crippen LogP contribution is -2.66. The quantitative estimate of drug-likeness (QED) is 0.810. The topological polar surface area (TPSA) is 91.4 Å². The van der Waals surface area contributed by atoms with Crippen molar-refractivity contribution in [1.82, 2.24) is 20.5 Å². The molecule has 156 valence electrons. The molecule has 30 heavy (non-hydrogen) atoms. The van der Waals surface area contributed by atoms with E-state index >= 15 is 0 Å². The largest absolute Gasteiger partial charge is 0.352 e. The van der Waals surface area contributed by atoms with E-state index in [2.05, 4.69) is 15.6 Å². The molecule has 4 rings (SSSR count). The maximum Gasteiger partial charge on any atom is 0.255 e. The molecule has 1 aromatic heterocycles. The van der Waals surface area contributed by atoms with Gasteiger partial charge >= 0.3 is 0 Å². The van der Waals surface area contributed by atoms with Crippen LogP contribution in [0.3, 0.4) is 0 Å². The minimum Gasteiger partial charge on any atom is -0.352 e. The molecule has 0 aliphatic carbocycles. The average molecular weight is 406 g/mol. The van der Waals surface area contributed by atoms with Crippen LogP contribution in [0.2, 0.25) is 0 Å². The van der Waals surface area contributed by atoms with E-state index in [1.165, 1.54) is 0 Å². The number of fused-ring (bicyclic) bond motifs is 1. The van der Waals surface area contributed by atoms with E-state index in [1.807, 2.05) is 43.3 Å². The van der Waals surface area contributed by atoms with Crippen molar-refractivity contribution in [3.8, 4) is 0 Å². The SMILES string of the molecule is Cc1ccncc1C(=O)N1CC[C@H]2NC(=O)CC[C@]2(C(=O)NCc2ccccc2)C1. The van der Waals surface area contributed by atoms with Gasteiger partial charge in [0.1, 0.15) is 0 Å². The molecule has 2 aliphatic rings. The van der Waals surface area contributed by atoms with E-state index in [1.54, 1.807) is 17.3 Å². The molecular weight excluding hydrogens is 380 g/mol. The first kappa shape index (κ1) is 20.1. The van der Waals surface area contributed by atoms with Gasteiger partial charge in [-0.3, -0.25) is 19.4 Å². The first-order chi connectivity index (χ1) is 14.5. The number of piperidine rings is 2. The molecule has 3 heterocycles. The summed E-state index contributed by atoms with van der Waals surface area (Å²) in [5.41, 5.74) is 1.59. The Hall–Kier alpha value is -3.22. The molecule has 7 nitrogen and oxygen atoms in total. The number of likely N-dealkylation sites (tertiary alicyclic amines) is 1. The number of pyridine rings is 1. The minimum atomic E-state index is -0.827. The van der Waals surface area contributed by atoms with Gasteiger partial charge in [-0.2, -0.15) is 0 Å². The number of hydrogen-bond acceptors (Lipinski definition) is 4. The van der Waals surface area contributed by atoms with E-state index in [9.17, 15) is 14.4 Å². The Labute approximate surface area is 175 Å². The molecule has 2 saturated heterocycles. The van der Waals surface area contributed by atoms with Crippen molar-refractivity contribution >= 4 is 17.7 Å². The lowest BCUT2D eigenvalue weighted by Gasteiger charge is -2.49. The normalized spacial score (nSPS) is 23.3. The summed E-state index contributed by atoms with van der Waals surface area (Å²) in [6.07, 6.45) is 4.50. The summed E-state index contributed by atoms with van der Waals surface area (Å²) in [6.45, 7) is 3.07. The molecule has 0 saturated carbocycles. The standard InChI is InChI=1S/C23H26N4O3/c1-16-8-11-24-14-18(16)21(29)27-12-9-19-23(15-27,10-7-20(28)26-19)22(30)25-13-17-5-3-2-4-6-17/h2-6,8,11,14,19H,7,9-10,12-13,15H2,1H3,(H,25,30)(H,26,28)/t19-,23+/m1/s1. The van der Waals surface area contributed by atoms with Gasteiger partial charge in [-0.05, 0) is 37.0 Å². The number of aromatic nitrogens is 1. The van der Waals surface area contributed by atoms with Crippen molar-refractivity contribution in [3.63, 3.8) is 0 Å². The highest BCUT2D eigenvalue weighted by Gasteiger charge is 2.52. The molecule has 2 aliphatic heterocycles. The predicted molar refractivity (Wildman–Crippen MR) is 111 cm³/mol. The number of nitrogens with zero attached hydrogens (tertiary/aromatic N) is 2. The molecule has 0 radical (unpaired) electrons. The van der Waals surface area contributed by atoms with E-state index in [-0.39, 0.29) is 36.7 Å². The Morgan fingerprint density at radius 2 is 2.07 bits per heavy atom. The Balaban J connectivity index is 1.56. The lowest BCUT2D eigenvalue weighted by molar-refractivity contribution is -0.142. The van der Waals surface area contributed by atoms with Crippen molar-refractivity contribution < 1.29 is 14.4 Å². The van der Waals surface area contributed by atoms with Gasteiger partial charge in [0.25, 0.3) is 5.91 Å². The Morgan fingerprint density at radius 3 is 2.83 bits per heavy atom. The highest BCUT2D eigenvalue weighted by molar-refractivity contribution is 5.96. The fourth-order valence-corrected chi connectivity index (χ4v) is 4.49. The molecule has 2 fully saturated rings. The van der Waals surface area contributed by atoms with Crippen molar-refractivity contribution in [3.05, 3.63) is 65.5 Å². The summed E-state index contributed by atoms with van der Waals surface area (Å²) >= 11 is 0. The molecule has 2 aromatic rings. The second kappa shape index (κ2) is 8.26. The van der Waals surface area contributed by atoms with Crippen molar-refractivity contribution in [2.45, 2.75) is 38.8 Å². The van der Waals surface area contributed by atoms with Gasteiger partial charge in [0.05, 0.1) is 11.0 Å². The van der Waals surface area contributed by atoms with Crippen LogP contribution in [0, 0.1) is 12.3 Å². The number of carbonyl (C=O) groups is 3. The van der Waals surface area contributed by atoms with Gasteiger partial charge < -0.3 is 15.5 Å². The molecule has 3 amide bonds. The molecule has 7 heteroatoms. The zero-order valence-corrected chi connectivity index (χ0v) is 17.1. The third kappa shape index (κ3) is 3.79. The maximum absolute atomic E-state index is 13.4.